The fourth-order valence-electron chi connectivity index (χ4n) is 2.71. The maximum absolute atomic E-state index is 10.6. The van der Waals surface area contributed by atoms with Gasteiger partial charge in [-0.2, -0.15) is 0 Å². The molecule has 25 heavy (non-hydrogen) atoms. The average molecular weight is 402 g/mol. The first-order valence-electron chi connectivity index (χ1n) is 7.88. The van der Waals surface area contributed by atoms with Crippen LogP contribution in [0.2, 0.25) is 0 Å². The number of halogens is 1. The first-order valence-corrected chi connectivity index (χ1v) is 8.67. The maximum atomic E-state index is 10.6. The molecule has 5 N–H and O–H groups in total. The monoisotopic (exact) mass is 401 g/mol. The Morgan fingerprint density at radius 2 is 1.72 bits per heavy atom. The Kier molecular flexibility index (Phi) is 5.40. The third-order valence-electron chi connectivity index (χ3n) is 4.02. The molecule has 1 unspecified atom stereocenters. The maximum Gasteiger partial charge on any atom is 0.405 e. The molecule has 0 fully saturated rings. The number of fused-ring (bicyclic) bond motifs is 2. The molecule has 4 rings (SSSR count). The minimum Gasteiger partial charge on any atom is -0.480 e. The average Bonchev–Trinajstić information content (AvgIpc) is 3.20. The number of hydrogen-bond acceptors (Lipinski definition) is 6. The second kappa shape index (κ2) is 7.71. The lowest BCUT2D eigenvalue weighted by molar-refractivity contribution is -0.138. The van der Waals surface area contributed by atoms with Crippen molar-refractivity contribution in [2.24, 2.45) is 5.73 Å². The smallest absolute Gasteiger partial charge is 0.405 e. The Morgan fingerprint density at radius 3 is 2.36 bits per heavy atom. The number of nitrogens with two attached hydrogens (primary N) is 1. The van der Waals surface area contributed by atoms with E-state index < -0.39 is 12.0 Å². The largest absolute Gasteiger partial charge is 0.480 e. The molecule has 0 aromatic rings. The lowest BCUT2D eigenvalue weighted by atomic mass is 9.74. The van der Waals surface area contributed by atoms with E-state index in [1.807, 2.05) is 59.9 Å². The highest BCUT2D eigenvalue weighted by molar-refractivity contribution is 9.11. The quantitative estimate of drug-likeness (QED) is 0.411. The molecular weight excluding hydrogens is 384 g/mol. The molecule has 0 aromatic heterocycles. The number of nitrogens with zero attached hydrogens (tertiary/aromatic N) is 2. The Bertz CT molecular complexity index is 719. The van der Waals surface area contributed by atoms with Crippen molar-refractivity contribution in [3.63, 3.8) is 0 Å². The molecule has 10 heteroatoms. The minimum atomic E-state index is -0.976. The minimum absolute atomic E-state index is 0.103. The number of allylic oxidation sites excluding steroid dienone is 4. The molecule has 1 atom stereocenters. The number of carboxylic acids is 1. The van der Waals surface area contributed by atoms with Crippen molar-refractivity contribution in [1.29, 1.82) is 0 Å². The van der Waals surface area contributed by atoms with E-state index in [4.69, 9.17) is 10.8 Å². The van der Waals surface area contributed by atoms with Crippen LogP contribution in [0.3, 0.4) is 0 Å². The van der Waals surface area contributed by atoms with Crippen molar-refractivity contribution >= 4 is 35.9 Å². The van der Waals surface area contributed by atoms with Crippen LogP contribution in [0.5, 0.6) is 0 Å². The van der Waals surface area contributed by atoms with E-state index in [1.165, 1.54) is 0 Å². The standard InChI is InChI=1S/C9H12BN3O2.C6H6BBrN2/c11-8(9(14)15)5-7-6-12-10-3-1-2-4-13(7)10;8-6-5-9-7-3-1-2-4-10(6)7/h1-4,6,8,12H,5,11H2,(H,14,15);1-5,9H. The zero-order valence-electron chi connectivity index (χ0n) is 13.4. The van der Waals surface area contributed by atoms with Gasteiger partial charge in [0.15, 0.2) is 0 Å². The summed E-state index contributed by atoms with van der Waals surface area (Å²) in [5.74, 6) is 3.12. The van der Waals surface area contributed by atoms with Crippen molar-refractivity contribution in [3.8, 4) is 0 Å². The van der Waals surface area contributed by atoms with Crippen molar-refractivity contribution in [2.45, 2.75) is 12.5 Å². The highest BCUT2D eigenvalue weighted by atomic mass is 79.9. The first-order chi connectivity index (χ1) is 12.1. The van der Waals surface area contributed by atoms with Crippen LogP contribution < -0.4 is 16.2 Å². The van der Waals surface area contributed by atoms with Gasteiger partial charge in [0.25, 0.3) is 0 Å². The Morgan fingerprint density at radius 1 is 1.12 bits per heavy atom. The van der Waals surface area contributed by atoms with E-state index in [0.29, 0.717) is 13.4 Å². The summed E-state index contributed by atoms with van der Waals surface area (Å²) in [6.07, 6.45) is 15.9. The summed E-state index contributed by atoms with van der Waals surface area (Å²) in [5, 5.41) is 15.0. The normalized spacial score (nSPS) is 20.1. The van der Waals surface area contributed by atoms with Gasteiger partial charge in [-0.3, -0.25) is 4.79 Å². The predicted octanol–water partition coefficient (Wildman–Crippen LogP) is 0.842. The zero-order valence-corrected chi connectivity index (χ0v) is 15.0. The van der Waals surface area contributed by atoms with Crippen LogP contribution in [0.1, 0.15) is 6.42 Å². The molecule has 0 bridgehead atoms. The van der Waals surface area contributed by atoms with Gasteiger partial charge in [-0.15, -0.1) is 0 Å². The molecule has 4 heterocycles. The number of aliphatic carboxylic acids is 1. The van der Waals surface area contributed by atoms with E-state index in [1.54, 1.807) is 0 Å². The molecule has 0 spiro atoms. The second-order valence-electron chi connectivity index (χ2n) is 5.74. The topological polar surface area (TPSA) is 93.9 Å². The Balaban J connectivity index is 0.000000157. The summed E-state index contributed by atoms with van der Waals surface area (Å²) < 4.78 is 1.08. The van der Waals surface area contributed by atoms with E-state index >= 15 is 0 Å². The number of rotatable bonds is 3. The summed E-state index contributed by atoms with van der Waals surface area (Å²) >= 11 is 3.42. The van der Waals surface area contributed by atoms with Gasteiger partial charge < -0.3 is 30.9 Å². The van der Waals surface area contributed by atoms with Gasteiger partial charge in [0.1, 0.15) is 6.04 Å². The van der Waals surface area contributed by atoms with E-state index in [-0.39, 0.29) is 6.98 Å². The highest BCUT2D eigenvalue weighted by Gasteiger charge is 2.30. The van der Waals surface area contributed by atoms with Gasteiger partial charge >= 0.3 is 19.9 Å². The molecule has 4 aliphatic rings. The molecule has 7 nitrogen and oxygen atoms in total. The van der Waals surface area contributed by atoms with Crippen molar-refractivity contribution in [3.05, 3.63) is 71.4 Å². The lowest BCUT2D eigenvalue weighted by Crippen LogP contribution is -2.40. The lowest BCUT2D eigenvalue weighted by Gasteiger charge is -2.23. The fraction of sp³-hybridized carbons (Fsp3) is 0.133. The summed E-state index contributed by atoms with van der Waals surface area (Å²) in [7, 11) is 0. The number of nitrogens with one attached hydrogen (secondary N) is 2. The molecule has 128 valence electrons. The van der Waals surface area contributed by atoms with Crippen molar-refractivity contribution in [2.75, 3.05) is 0 Å². The van der Waals surface area contributed by atoms with Gasteiger partial charge in [-0.1, -0.05) is 24.1 Å². The van der Waals surface area contributed by atoms with Crippen molar-refractivity contribution in [1.82, 2.24) is 20.1 Å². The number of carbonyl (C=O) groups is 1. The fourth-order valence-corrected chi connectivity index (χ4v) is 3.18. The van der Waals surface area contributed by atoms with Crippen LogP contribution in [0.25, 0.3) is 0 Å². The molecule has 0 amide bonds. The van der Waals surface area contributed by atoms with Gasteiger partial charge in [0.2, 0.25) is 0 Å². The van der Waals surface area contributed by atoms with Gasteiger partial charge in [-0.25, -0.2) is 0 Å². The van der Waals surface area contributed by atoms with E-state index in [9.17, 15) is 4.79 Å². The Hall–Kier alpha value is -2.32. The summed E-state index contributed by atoms with van der Waals surface area (Å²) in [5.41, 5.74) is 6.38. The van der Waals surface area contributed by atoms with Gasteiger partial charge in [-0.05, 0) is 40.5 Å². The van der Waals surface area contributed by atoms with E-state index in [0.717, 1.165) is 10.3 Å². The Labute approximate surface area is 155 Å². The first kappa shape index (κ1) is 17.5. The van der Waals surface area contributed by atoms with Gasteiger partial charge in [0.05, 0.1) is 4.61 Å². The molecule has 0 aromatic carbocycles. The zero-order chi connectivity index (χ0) is 17.8. The number of carboxylic acid groups (broad SMARTS) is 1. The molecule has 0 saturated heterocycles. The van der Waals surface area contributed by atoms with Crippen LogP contribution in [-0.2, 0) is 4.79 Å². The summed E-state index contributed by atoms with van der Waals surface area (Å²) in [6.45, 7) is 0.422. The molecule has 0 aliphatic carbocycles. The molecular formula is C15H18B2BrN5O2. The van der Waals surface area contributed by atoms with Crippen LogP contribution in [0, 0.1) is 0 Å². The second-order valence-corrected chi connectivity index (χ2v) is 6.55. The predicted molar refractivity (Wildman–Crippen MR) is 103 cm³/mol. The van der Waals surface area contributed by atoms with Crippen molar-refractivity contribution < 1.29 is 9.90 Å². The SMILES string of the molecule is BrC1=CNB2C=CC=CN21.NC(CC1=CNB2C=CC=CN21)C(=O)O. The van der Waals surface area contributed by atoms with Gasteiger partial charge in [0, 0.05) is 24.5 Å². The summed E-state index contributed by atoms with van der Waals surface area (Å²) in [4.78, 5) is 14.7. The highest BCUT2D eigenvalue weighted by Crippen LogP contribution is 2.21. The van der Waals surface area contributed by atoms with Crippen LogP contribution in [-0.4, -0.2) is 40.7 Å². The van der Waals surface area contributed by atoms with E-state index in [2.05, 4.69) is 37.2 Å². The third-order valence-corrected chi connectivity index (χ3v) is 4.66. The van der Waals surface area contributed by atoms with Crippen LogP contribution >= 0.6 is 15.9 Å². The molecule has 0 saturated carbocycles. The molecule has 4 aliphatic heterocycles. The number of hydrogen-bond donors (Lipinski definition) is 4. The third kappa shape index (κ3) is 4.02. The van der Waals surface area contributed by atoms with Crippen LogP contribution in [0.15, 0.2) is 71.4 Å². The summed E-state index contributed by atoms with van der Waals surface area (Å²) in [6, 6.07) is -0.851. The molecule has 0 radical (unpaired) electrons. The van der Waals surface area contributed by atoms with Crippen LogP contribution in [0.4, 0.5) is 0 Å².